The molecule has 0 aliphatic heterocycles. The highest BCUT2D eigenvalue weighted by Gasteiger charge is 2.32. The van der Waals surface area contributed by atoms with Gasteiger partial charge in [0.25, 0.3) is 5.91 Å². The fraction of sp³-hybridized carbons (Fsp3) is 0.345. The van der Waals surface area contributed by atoms with Gasteiger partial charge < -0.3 is 15.4 Å². The number of carbonyl (C=O) groups excluding carboxylic acids is 2. The number of thioether (sulfide) groups is 1. The fourth-order valence-corrected chi connectivity index (χ4v) is 6.50. The average Bonchev–Trinajstić information content (AvgIpc) is 3.23. The molecule has 2 aromatic carbocycles. The Balaban J connectivity index is 1.36. The van der Waals surface area contributed by atoms with E-state index in [-0.39, 0.29) is 23.0 Å². The van der Waals surface area contributed by atoms with E-state index in [1.807, 2.05) is 24.3 Å². The summed E-state index contributed by atoms with van der Waals surface area (Å²) in [5.74, 6) is 1.09. The van der Waals surface area contributed by atoms with E-state index in [2.05, 4.69) is 37.5 Å². The van der Waals surface area contributed by atoms with Crippen molar-refractivity contribution in [1.82, 2.24) is 0 Å². The maximum Gasteiger partial charge on any atom is 0.255 e. The minimum Gasteiger partial charge on any atom is -0.497 e. The molecule has 0 bridgehead atoms. The molecule has 1 aliphatic rings. The Bertz CT molecular complexity index is 1330. The molecule has 0 spiro atoms. The summed E-state index contributed by atoms with van der Waals surface area (Å²) in [5.41, 5.74) is 3.12. The normalized spacial score (nSPS) is 14.8. The monoisotopic (exact) mass is 533 g/mol. The second-order valence-electron chi connectivity index (χ2n) is 10.2. The van der Waals surface area contributed by atoms with Crippen LogP contribution in [0.25, 0.3) is 0 Å². The van der Waals surface area contributed by atoms with Gasteiger partial charge in [-0.3, -0.25) is 9.59 Å². The fourth-order valence-electron chi connectivity index (χ4n) is 4.45. The van der Waals surface area contributed by atoms with Gasteiger partial charge in [0, 0.05) is 21.0 Å². The summed E-state index contributed by atoms with van der Waals surface area (Å²) < 4.78 is 5.13. The molecule has 2 N–H and O–H groups in total. The Morgan fingerprint density at radius 1 is 1.16 bits per heavy atom. The molecule has 1 heterocycles. The Labute approximate surface area is 226 Å². The molecule has 2 amide bonds. The van der Waals surface area contributed by atoms with Crippen LogP contribution in [0.4, 0.5) is 10.7 Å². The third kappa shape index (κ3) is 6.54. The van der Waals surface area contributed by atoms with E-state index in [0.29, 0.717) is 33.5 Å². The molecule has 0 radical (unpaired) electrons. The molecule has 8 heteroatoms. The number of carbonyl (C=O) groups is 2. The first-order chi connectivity index (χ1) is 17.7. The zero-order valence-electron chi connectivity index (χ0n) is 21.5. The first kappa shape index (κ1) is 26.8. The highest BCUT2D eigenvalue weighted by atomic mass is 32.2. The molecule has 37 heavy (non-hydrogen) atoms. The van der Waals surface area contributed by atoms with Crippen LogP contribution in [0.3, 0.4) is 0 Å². The van der Waals surface area contributed by atoms with E-state index in [4.69, 9.17) is 4.74 Å². The summed E-state index contributed by atoms with van der Waals surface area (Å²) in [5, 5.41) is 16.3. The molecule has 0 saturated carbocycles. The lowest BCUT2D eigenvalue weighted by molar-refractivity contribution is -0.113. The lowest BCUT2D eigenvalue weighted by Gasteiger charge is -2.33. The van der Waals surface area contributed by atoms with Gasteiger partial charge in [0.15, 0.2) is 0 Å². The van der Waals surface area contributed by atoms with Crippen molar-refractivity contribution in [2.75, 3.05) is 23.5 Å². The molecule has 1 atom stereocenters. The first-order valence-electron chi connectivity index (χ1n) is 12.2. The van der Waals surface area contributed by atoms with E-state index in [1.165, 1.54) is 16.6 Å². The standard InChI is InChI=1S/C29H31N3O3S2/c1-29(2,3)19-10-13-23-24(16-30)28(37-25(23)14-19)32-26(33)17-36-22-7-5-6-20(15-22)31-27(34)18-8-11-21(35-4)12-9-18/h5-9,11-12,15,19H,10,13-14,17H2,1-4H3,(H,31,34)(H,32,33). The van der Waals surface area contributed by atoms with Crippen LogP contribution in [0.1, 0.15) is 53.6 Å². The lowest BCUT2D eigenvalue weighted by Crippen LogP contribution is -2.26. The largest absolute Gasteiger partial charge is 0.497 e. The van der Waals surface area contributed by atoms with Gasteiger partial charge in [0.05, 0.1) is 18.4 Å². The summed E-state index contributed by atoms with van der Waals surface area (Å²) in [7, 11) is 1.58. The van der Waals surface area contributed by atoms with E-state index in [0.717, 1.165) is 29.7 Å². The minimum absolute atomic E-state index is 0.153. The van der Waals surface area contributed by atoms with Crippen LogP contribution in [0, 0.1) is 22.7 Å². The number of hydrogen-bond acceptors (Lipinski definition) is 6. The number of rotatable bonds is 7. The van der Waals surface area contributed by atoms with Crippen LogP contribution >= 0.6 is 23.1 Å². The number of hydrogen-bond donors (Lipinski definition) is 2. The van der Waals surface area contributed by atoms with Crippen LogP contribution < -0.4 is 15.4 Å². The molecule has 0 fully saturated rings. The maximum atomic E-state index is 12.8. The summed E-state index contributed by atoms with van der Waals surface area (Å²) in [6.07, 6.45) is 2.91. The average molecular weight is 534 g/mol. The summed E-state index contributed by atoms with van der Waals surface area (Å²) >= 11 is 2.93. The van der Waals surface area contributed by atoms with Gasteiger partial charge in [-0.1, -0.05) is 26.8 Å². The number of ether oxygens (including phenoxy) is 1. The predicted molar refractivity (Wildman–Crippen MR) is 151 cm³/mol. The number of nitriles is 1. The van der Waals surface area contributed by atoms with E-state index in [9.17, 15) is 14.9 Å². The predicted octanol–water partition coefficient (Wildman–Crippen LogP) is 6.76. The minimum atomic E-state index is -0.220. The van der Waals surface area contributed by atoms with Crippen molar-refractivity contribution in [1.29, 1.82) is 5.26 Å². The molecule has 6 nitrogen and oxygen atoms in total. The van der Waals surface area contributed by atoms with Crippen LogP contribution in [0.15, 0.2) is 53.4 Å². The summed E-state index contributed by atoms with van der Waals surface area (Å²) in [4.78, 5) is 27.4. The van der Waals surface area contributed by atoms with Crippen LogP contribution in [-0.2, 0) is 17.6 Å². The zero-order valence-corrected chi connectivity index (χ0v) is 23.1. The molecule has 1 aliphatic carbocycles. The number of nitrogens with one attached hydrogen (secondary N) is 2. The first-order valence-corrected chi connectivity index (χ1v) is 14.0. The van der Waals surface area contributed by atoms with Gasteiger partial charge in [-0.25, -0.2) is 0 Å². The topological polar surface area (TPSA) is 91.2 Å². The van der Waals surface area contributed by atoms with E-state index >= 15 is 0 Å². The van der Waals surface area contributed by atoms with E-state index < -0.39 is 0 Å². The Kier molecular flexibility index (Phi) is 8.25. The van der Waals surface area contributed by atoms with Gasteiger partial charge in [0.1, 0.15) is 16.8 Å². The molecule has 192 valence electrons. The second kappa shape index (κ2) is 11.4. The smallest absolute Gasteiger partial charge is 0.255 e. The van der Waals surface area contributed by atoms with Crippen LogP contribution in [0.2, 0.25) is 0 Å². The molecule has 3 aromatic rings. The highest BCUT2D eigenvalue weighted by molar-refractivity contribution is 8.00. The van der Waals surface area contributed by atoms with Crippen LogP contribution in [-0.4, -0.2) is 24.7 Å². The Morgan fingerprint density at radius 3 is 2.59 bits per heavy atom. The van der Waals surface area contributed by atoms with Crippen molar-refractivity contribution in [3.8, 4) is 11.8 Å². The van der Waals surface area contributed by atoms with Crippen LogP contribution in [0.5, 0.6) is 5.75 Å². The van der Waals surface area contributed by atoms with Crippen molar-refractivity contribution >= 4 is 45.6 Å². The molecule has 1 aromatic heterocycles. The quantitative estimate of drug-likeness (QED) is 0.327. The number of fused-ring (bicyclic) bond motifs is 1. The van der Waals surface area contributed by atoms with Crippen molar-refractivity contribution < 1.29 is 14.3 Å². The molecular weight excluding hydrogens is 502 g/mol. The molecule has 4 rings (SSSR count). The molecule has 0 saturated heterocycles. The number of benzene rings is 2. The highest BCUT2D eigenvalue weighted by Crippen LogP contribution is 2.44. The Morgan fingerprint density at radius 2 is 1.92 bits per heavy atom. The summed E-state index contributed by atoms with van der Waals surface area (Å²) in [6, 6.07) is 16.6. The van der Waals surface area contributed by atoms with Gasteiger partial charge in [0.2, 0.25) is 5.91 Å². The van der Waals surface area contributed by atoms with Crippen molar-refractivity contribution in [3.05, 3.63) is 70.1 Å². The number of nitrogens with zero attached hydrogens (tertiary/aromatic N) is 1. The molecule has 1 unspecified atom stereocenters. The second-order valence-corrected chi connectivity index (χ2v) is 12.3. The maximum absolute atomic E-state index is 12.8. The lowest BCUT2D eigenvalue weighted by atomic mass is 9.72. The Hall–Kier alpha value is -3.28. The van der Waals surface area contributed by atoms with Gasteiger partial charge in [-0.15, -0.1) is 23.1 Å². The van der Waals surface area contributed by atoms with Crippen molar-refractivity contribution in [2.45, 2.75) is 44.9 Å². The number of amides is 2. The van der Waals surface area contributed by atoms with Gasteiger partial charge >= 0.3 is 0 Å². The number of methoxy groups -OCH3 is 1. The number of thiophene rings is 1. The molecular formula is C29H31N3O3S2. The third-order valence-electron chi connectivity index (χ3n) is 6.67. The third-order valence-corrected chi connectivity index (χ3v) is 8.83. The van der Waals surface area contributed by atoms with Crippen molar-refractivity contribution in [2.24, 2.45) is 11.3 Å². The van der Waals surface area contributed by atoms with Crippen molar-refractivity contribution in [3.63, 3.8) is 0 Å². The van der Waals surface area contributed by atoms with Gasteiger partial charge in [-0.05, 0) is 78.6 Å². The number of anilines is 2. The van der Waals surface area contributed by atoms with Gasteiger partial charge in [-0.2, -0.15) is 5.26 Å². The summed E-state index contributed by atoms with van der Waals surface area (Å²) in [6.45, 7) is 6.79. The van der Waals surface area contributed by atoms with E-state index in [1.54, 1.807) is 42.7 Å². The zero-order chi connectivity index (χ0) is 26.6. The SMILES string of the molecule is COc1ccc(C(=O)Nc2cccc(SCC(=O)Nc3sc4c(c3C#N)CCC(C(C)(C)C)C4)c2)cc1.